The molecule has 0 radical (unpaired) electrons. The van der Waals surface area contributed by atoms with Crippen LogP contribution in [0.5, 0.6) is 11.5 Å². The van der Waals surface area contributed by atoms with Crippen LogP contribution in [0.2, 0.25) is 0 Å². The number of nitrogens with one attached hydrogen (secondary N) is 1. The molecule has 2 aromatic carbocycles. The highest BCUT2D eigenvalue weighted by Gasteiger charge is 2.30. The molecule has 0 heterocycles. The fourth-order valence-electron chi connectivity index (χ4n) is 3.78. The number of anilines is 1. The van der Waals surface area contributed by atoms with Gasteiger partial charge in [-0.2, -0.15) is 0 Å². The first kappa shape index (κ1) is 22.9. The Bertz CT molecular complexity index is 999. The number of ether oxygens (including phenoxy) is 2. The van der Waals surface area contributed by atoms with Crippen LogP contribution in [-0.4, -0.2) is 41.1 Å². The highest BCUT2D eigenvalue weighted by atomic mass is 32.2. The summed E-state index contributed by atoms with van der Waals surface area (Å²) < 4.78 is 38.9. The molecule has 2 aromatic rings. The second-order valence-electron chi connectivity index (χ2n) is 7.76. The molecule has 1 saturated carbocycles. The summed E-state index contributed by atoms with van der Waals surface area (Å²) >= 11 is 0. The second kappa shape index (κ2) is 10.0. The Labute approximate surface area is 184 Å². The predicted molar refractivity (Wildman–Crippen MR) is 120 cm³/mol. The quantitative estimate of drug-likeness (QED) is 0.669. The van der Waals surface area contributed by atoms with Gasteiger partial charge < -0.3 is 14.8 Å². The Morgan fingerprint density at radius 2 is 1.71 bits per heavy atom. The van der Waals surface area contributed by atoms with Gasteiger partial charge in [0.1, 0.15) is 18.0 Å². The SMILES string of the molecule is COc1ccc(N(CC(=O)NC2CCCCC2)S(=O)(=O)c2ccc(C)cc2)c(OC)c1. The number of rotatable bonds is 8. The molecular weight excluding hydrogens is 416 g/mol. The number of hydrogen-bond donors (Lipinski definition) is 1. The van der Waals surface area contributed by atoms with E-state index in [9.17, 15) is 13.2 Å². The summed E-state index contributed by atoms with van der Waals surface area (Å²) in [6, 6.07) is 11.5. The van der Waals surface area contributed by atoms with Crippen molar-refractivity contribution in [1.29, 1.82) is 0 Å². The molecule has 8 heteroatoms. The van der Waals surface area contributed by atoms with Crippen molar-refractivity contribution in [2.75, 3.05) is 25.1 Å². The third kappa shape index (κ3) is 5.50. The van der Waals surface area contributed by atoms with Crippen LogP contribution >= 0.6 is 0 Å². The predicted octanol–water partition coefficient (Wildman–Crippen LogP) is 3.66. The Morgan fingerprint density at radius 3 is 2.32 bits per heavy atom. The molecular formula is C23H30N2O5S. The highest BCUT2D eigenvalue weighted by Crippen LogP contribution is 2.35. The fraction of sp³-hybridized carbons (Fsp3) is 0.435. The number of hydrogen-bond acceptors (Lipinski definition) is 5. The van der Waals surface area contributed by atoms with Gasteiger partial charge in [0, 0.05) is 12.1 Å². The van der Waals surface area contributed by atoms with Crippen LogP contribution in [0.25, 0.3) is 0 Å². The fourth-order valence-corrected chi connectivity index (χ4v) is 5.21. The van der Waals surface area contributed by atoms with Crippen LogP contribution in [0.4, 0.5) is 5.69 Å². The zero-order valence-electron chi connectivity index (χ0n) is 18.3. The Kier molecular flexibility index (Phi) is 7.43. The lowest BCUT2D eigenvalue weighted by Gasteiger charge is -2.28. The third-order valence-electron chi connectivity index (χ3n) is 5.52. The minimum atomic E-state index is -4.01. The lowest BCUT2D eigenvalue weighted by atomic mass is 9.95. The van der Waals surface area contributed by atoms with Crippen molar-refractivity contribution in [3.63, 3.8) is 0 Å². The van der Waals surface area contributed by atoms with Gasteiger partial charge in [-0.1, -0.05) is 37.0 Å². The van der Waals surface area contributed by atoms with E-state index >= 15 is 0 Å². The van der Waals surface area contributed by atoms with E-state index in [4.69, 9.17) is 9.47 Å². The van der Waals surface area contributed by atoms with Crippen LogP contribution in [0.15, 0.2) is 47.4 Å². The van der Waals surface area contributed by atoms with Gasteiger partial charge in [-0.15, -0.1) is 0 Å². The molecule has 0 bridgehead atoms. The van der Waals surface area contributed by atoms with Gasteiger partial charge in [0.05, 0.1) is 24.8 Å². The van der Waals surface area contributed by atoms with Gasteiger partial charge in [-0.05, 0) is 44.0 Å². The van der Waals surface area contributed by atoms with Crippen LogP contribution in [-0.2, 0) is 14.8 Å². The molecule has 0 unspecified atom stereocenters. The summed E-state index contributed by atoms with van der Waals surface area (Å²) in [5, 5.41) is 3.00. The normalized spacial score (nSPS) is 14.7. The molecule has 1 aliphatic carbocycles. The number of sulfonamides is 1. The van der Waals surface area contributed by atoms with Crippen molar-refractivity contribution in [2.24, 2.45) is 0 Å². The van der Waals surface area contributed by atoms with Crippen molar-refractivity contribution >= 4 is 21.6 Å². The maximum Gasteiger partial charge on any atom is 0.264 e. The van der Waals surface area contributed by atoms with Gasteiger partial charge >= 0.3 is 0 Å². The van der Waals surface area contributed by atoms with Crippen LogP contribution in [0.3, 0.4) is 0 Å². The van der Waals surface area contributed by atoms with Crippen LogP contribution < -0.4 is 19.1 Å². The number of nitrogens with zero attached hydrogens (tertiary/aromatic N) is 1. The number of carbonyl (C=O) groups excluding carboxylic acids is 1. The molecule has 0 aromatic heterocycles. The van der Waals surface area contributed by atoms with Crippen molar-refractivity contribution in [3.8, 4) is 11.5 Å². The molecule has 3 rings (SSSR count). The van der Waals surface area contributed by atoms with Gasteiger partial charge in [0.15, 0.2) is 0 Å². The topological polar surface area (TPSA) is 84.9 Å². The van der Waals surface area contributed by atoms with Crippen LogP contribution in [0, 0.1) is 6.92 Å². The standard InChI is InChI=1S/C23H30N2O5S/c1-17-9-12-20(13-10-17)31(27,28)25(16-23(26)24-18-7-5-4-6-8-18)21-14-11-19(29-2)15-22(21)30-3/h9-15,18H,4-8,16H2,1-3H3,(H,24,26). The third-order valence-corrected chi connectivity index (χ3v) is 7.30. The van der Waals surface area contributed by atoms with Crippen LogP contribution in [0.1, 0.15) is 37.7 Å². The minimum Gasteiger partial charge on any atom is -0.497 e. The first-order chi connectivity index (χ1) is 14.8. The van der Waals surface area contributed by atoms with Gasteiger partial charge in [0.25, 0.3) is 10.0 Å². The molecule has 0 spiro atoms. The van der Waals surface area contributed by atoms with E-state index in [0.29, 0.717) is 11.5 Å². The van der Waals surface area contributed by atoms with E-state index in [-0.39, 0.29) is 29.1 Å². The zero-order chi connectivity index (χ0) is 22.4. The largest absolute Gasteiger partial charge is 0.497 e. The first-order valence-electron chi connectivity index (χ1n) is 10.5. The van der Waals surface area contributed by atoms with E-state index in [1.54, 1.807) is 42.5 Å². The van der Waals surface area contributed by atoms with Crippen molar-refractivity contribution in [2.45, 2.75) is 50.0 Å². The van der Waals surface area contributed by atoms with E-state index in [1.807, 2.05) is 6.92 Å². The molecule has 168 valence electrons. The summed E-state index contributed by atoms with van der Waals surface area (Å²) in [5.41, 5.74) is 1.23. The van der Waals surface area contributed by atoms with E-state index in [2.05, 4.69) is 5.32 Å². The summed E-state index contributed by atoms with van der Waals surface area (Å²) in [6.45, 7) is 1.55. The van der Waals surface area contributed by atoms with Crippen molar-refractivity contribution < 1.29 is 22.7 Å². The van der Waals surface area contributed by atoms with E-state index in [0.717, 1.165) is 35.6 Å². The molecule has 1 amide bonds. The maximum absolute atomic E-state index is 13.6. The lowest BCUT2D eigenvalue weighted by Crippen LogP contribution is -2.45. The molecule has 7 nitrogen and oxygen atoms in total. The molecule has 1 N–H and O–H groups in total. The van der Waals surface area contributed by atoms with Gasteiger partial charge in [0.2, 0.25) is 5.91 Å². The van der Waals surface area contributed by atoms with Crippen molar-refractivity contribution in [3.05, 3.63) is 48.0 Å². The lowest BCUT2D eigenvalue weighted by molar-refractivity contribution is -0.120. The molecule has 0 atom stereocenters. The Balaban J connectivity index is 1.97. The summed E-state index contributed by atoms with van der Waals surface area (Å²) in [7, 11) is -1.03. The Morgan fingerprint density at radius 1 is 1.03 bits per heavy atom. The maximum atomic E-state index is 13.6. The zero-order valence-corrected chi connectivity index (χ0v) is 19.1. The van der Waals surface area contributed by atoms with Gasteiger partial charge in [-0.3, -0.25) is 9.10 Å². The first-order valence-corrected chi connectivity index (χ1v) is 11.9. The van der Waals surface area contributed by atoms with E-state index < -0.39 is 10.0 Å². The summed E-state index contributed by atoms with van der Waals surface area (Å²) in [5.74, 6) is 0.501. The summed E-state index contributed by atoms with van der Waals surface area (Å²) in [6.07, 6.45) is 5.15. The van der Waals surface area contributed by atoms with E-state index in [1.165, 1.54) is 20.6 Å². The minimum absolute atomic E-state index is 0.0861. The number of amides is 1. The average Bonchev–Trinajstić information content (AvgIpc) is 2.78. The number of benzene rings is 2. The smallest absolute Gasteiger partial charge is 0.264 e. The monoisotopic (exact) mass is 446 g/mol. The number of methoxy groups -OCH3 is 2. The summed E-state index contributed by atoms with van der Waals surface area (Å²) in [4.78, 5) is 13.0. The number of carbonyl (C=O) groups is 1. The molecule has 1 aliphatic rings. The molecule has 0 aliphatic heterocycles. The molecule has 1 fully saturated rings. The number of aryl methyl sites for hydroxylation is 1. The van der Waals surface area contributed by atoms with Crippen molar-refractivity contribution in [1.82, 2.24) is 5.32 Å². The molecule has 31 heavy (non-hydrogen) atoms. The van der Waals surface area contributed by atoms with Gasteiger partial charge in [-0.25, -0.2) is 8.42 Å². The Hall–Kier alpha value is -2.74. The average molecular weight is 447 g/mol. The molecule has 0 saturated heterocycles. The highest BCUT2D eigenvalue weighted by molar-refractivity contribution is 7.92. The second-order valence-corrected chi connectivity index (χ2v) is 9.63.